The van der Waals surface area contributed by atoms with Gasteiger partial charge in [-0.25, -0.2) is 0 Å². The van der Waals surface area contributed by atoms with Gasteiger partial charge in [0, 0.05) is 19.5 Å². The molecule has 126 valence electrons. The molecule has 0 atom stereocenters. The van der Waals surface area contributed by atoms with Gasteiger partial charge >= 0.3 is 5.97 Å². The van der Waals surface area contributed by atoms with Crippen LogP contribution in [0.5, 0.6) is 0 Å². The third-order valence-corrected chi connectivity index (χ3v) is 4.59. The minimum Gasteiger partial charge on any atom is -0.481 e. The zero-order valence-corrected chi connectivity index (χ0v) is 14.3. The van der Waals surface area contributed by atoms with Crippen molar-refractivity contribution >= 4 is 11.9 Å². The van der Waals surface area contributed by atoms with Crippen LogP contribution in [-0.2, 0) is 16.0 Å². The van der Waals surface area contributed by atoms with Gasteiger partial charge in [0.2, 0.25) is 5.91 Å². The molecule has 1 aliphatic rings. The highest BCUT2D eigenvalue weighted by molar-refractivity contribution is 5.79. The highest BCUT2D eigenvalue weighted by atomic mass is 16.4. The molecule has 0 spiro atoms. The van der Waals surface area contributed by atoms with E-state index in [0.29, 0.717) is 38.8 Å². The molecular formula is C19H27NO3. The van der Waals surface area contributed by atoms with E-state index < -0.39 is 11.4 Å². The molecule has 0 bridgehead atoms. The lowest BCUT2D eigenvalue weighted by molar-refractivity contribution is -0.154. The SMILES string of the molecule is CC(C)(C)CC(=O)N1CCC(Cc2ccccc2)(C(=O)O)CC1. The van der Waals surface area contributed by atoms with E-state index >= 15 is 0 Å². The number of piperidine rings is 1. The van der Waals surface area contributed by atoms with Crippen molar-refractivity contribution in [2.45, 2.75) is 46.5 Å². The van der Waals surface area contributed by atoms with Gasteiger partial charge in [-0.15, -0.1) is 0 Å². The summed E-state index contributed by atoms with van der Waals surface area (Å²) >= 11 is 0. The first-order valence-corrected chi connectivity index (χ1v) is 8.27. The number of amides is 1. The molecular weight excluding hydrogens is 290 g/mol. The first kappa shape index (κ1) is 17.5. The summed E-state index contributed by atoms with van der Waals surface area (Å²) in [6.45, 7) is 7.21. The predicted octanol–water partition coefficient (Wildman–Crippen LogP) is 3.36. The van der Waals surface area contributed by atoms with Crippen LogP contribution in [0.4, 0.5) is 0 Å². The number of benzene rings is 1. The van der Waals surface area contributed by atoms with Crippen LogP contribution in [0, 0.1) is 10.8 Å². The maximum absolute atomic E-state index is 12.3. The minimum absolute atomic E-state index is 0.0392. The quantitative estimate of drug-likeness (QED) is 0.926. The lowest BCUT2D eigenvalue weighted by atomic mass is 9.73. The fourth-order valence-electron chi connectivity index (χ4n) is 3.20. The average molecular weight is 317 g/mol. The number of carbonyl (C=O) groups is 2. The van der Waals surface area contributed by atoms with Crippen molar-refractivity contribution in [2.75, 3.05) is 13.1 Å². The number of hydrogen-bond acceptors (Lipinski definition) is 2. The van der Waals surface area contributed by atoms with E-state index in [1.54, 1.807) is 0 Å². The van der Waals surface area contributed by atoms with E-state index in [2.05, 4.69) is 0 Å². The van der Waals surface area contributed by atoms with E-state index in [4.69, 9.17) is 0 Å². The largest absolute Gasteiger partial charge is 0.481 e. The summed E-state index contributed by atoms with van der Waals surface area (Å²) in [7, 11) is 0. The molecule has 1 aliphatic heterocycles. The zero-order chi connectivity index (χ0) is 17.1. The molecule has 0 unspecified atom stereocenters. The Labute approximate surface area is 138 Å². The Morgan fingerprint density at radius 1 is 1.13 bits per heavy atom. The number of carboxylic acid groups (broad SMARTS) is 1. The number of carbonyl (C=O) groups excluding carboxylic acids is 1. The van der Waals surface area contributed by atoms with Gasteiger partial charge in [-0.1, -0.05) is 51.1 Å². The van der Waals surface area contributed by atoms with Crippen molar-refractivity contribution in [3.63, 3.8) is 0 Å². The first-order chi connectivity index (χ1) is 10.7. The Balaban J connectivity index is 2.03. The molecule has 1 aromatic carbocycles. The van der Waals surface area contributed by atoms with E-state index in [9.17, 15) is 14.7 Å². The van der Waals surface area contributed by atoms with Crippen LogP contribution >= 0.6 is 0 Å². The molecule has 1 fully saturated rings. The van der Waals surface area contributed by atoms with Crippen molar-refractivity contribution in [2.24, 2.45) is 10.8 Å². The lowest BCUT2D eigenvalue weighted by Gasteiger charge is -2.39. The number of rotatable bonds is 4. The van der Waals surface area contributed by atoms with Crippen LogP contribution in [0.2, 0.25) is 0 Å². The molecule has 4 heteroatoms. The number of likely N-dealkylation sites (tertiary alicyclic amines) is 1. The second-order valence-electron chi connectivity index (χ2n) is 7.87. The molecule has 0 radical (unpaired) electrons. The molecule has 1 aromatic rings. The number of aliphatic carboxylic acids is 1. The van der Waals surface area contributed by atoms with Crippen molar-refractivity contribution in [1.82, 2.24) is 4.90 Å². The van der Waals surface area contributed by atoms with Gasteiger partial charge in [-0.05, 0) is 30.2 Å². The van der Waals surface area contributed by atoms with Gasteiger partial charge in [0.25, 0.3) is 0 Å². The normalized spacial score (nSPS) is 17.8. The summed E-state index contributed by atoms with van der Waals surface area (Å²) in [5.41, 5.74) is 0.256. The lowest BCUT2D eigenvalue weighted by Crippen LogP contribution is -2.48. The van der Waals surface area contributed by atoms with Crippen LogP contribution in [0.3, 0.4) is 0 Å². The smallest absolute Gasteiger partial charge is 0.310 e. The van der Waals surface area contributed by atoms with E-state index in [1.807, 2.05) is 56.0 Å². The molecule has 4 nitrogen and oxygen atoms in total. The Hall–Kier alpha value is -1.84. The summed E-state index contributed by atoms with van der Waals surface area (Å²) in [6.07, 6.45) is 2.08. The molecule has 1 N–H and O–H groups in total. The Morgan fingerprint density at radius 3 is 2.17 bits per heavy atom. The van der Waals surface area contributed by atoms with Crippen LogP contribution in [-0.4, -0.2) is 35.0 Å². The van der Waals surface area contributed by atoms with E-state index in [1.165, 1.54) is 0 Å². The Morgan fingerprint density at radius 2 is 1.70 bits per heavy atom. The van der Waals surface area contributed by atoms with Gasteiger partial charge in [-0.3, -0.25) is 9.59 Å². The molecule has 0 aromatic heterocycles. The average Bonchev–Trinajstić information content (AvgIpc) is 2.47. The summed E-state index contributed by atoms with van der Waals surface area (Å²) in [5, 5.41) is 9.76. The second-order valence-corrected chi connectivity index (χ2v) is 7.87. The van der Waals surface area contributed by atoms with Gasteiger partial charge in [-0.2, -0.15) is 0 Å². The fraction of sp³-hybridized carbons (Fsp3) is 0.579. The van der Waals surface area contributed by atoms with Crippen molar-refractivity contribution in [1.29, 1.82) is 0 Å². The van der Waals surface area contributed by atoms with Crippen molar-refractivity contribution in [3.8, 4) is 0 Å². The van der Waals surface area contributed by atoms with Gasteiger partial charge in [0.15, 0.2) is 0 Å². The van der Waals surface area contributed by atoms with Crippen LogP contribution < -0.4 is 0 Å². The van der Waals surface area contributed by atoms with Crippen LogP contribution in [0.15, 0.2) is 30.3 Å². The van der Waals surface area contributed by atoms with Crippen molar-refractivity contribution in [3.05, 3.63) is 35.9 Å². The summed E-state index contributed by atoms with van der Waals surface area (Å²) < 4.78 is 0. The van der Waals surface area contributed by atoms with Gasteiger partial charge < -0.3 is 10.0 Å². The summed E-state index contributed by atoms with van der Waals surface area (Å²) in [4.78, 5) is 26.0. The molecule has 1 amide bonds. The molecule has 23 heavy (non-hydrogen) atoms. The number of hydrogen-bond donors (Lipinski definition) is 1. The topological polar surface area (TPSA) is 57.6 Å². The third kappa shape index (κ3) is 4.57. The first-order valence-electron chi connectivity index (χ1n) is 8.27. The standard InChI is InChI=1S/C19H27NO3/c1-18(2,3)14-16(21)20-11-9-19(10-12-20,17(22)23)13-15-7-5-4-6-8-15/h4-8H,9-14H2,1-3H3,(H,22,23). The van der Waals surface area contributed by atoms with Gasteiger partial charge in [0.05, 0.1) is 5.41 Å². The highest BCUT2D eigenvalue weighted by Gasteiger charge is 2.42. The Bertz CT molecular complexity index is 552. The zero-order valence-electron chi connectivity index (χ0n) is 14.3. The summed E-state index contributed by atoms with van der Waals surface area (Å²) in [6, 6.07) is 9.76. The highest BCUT2D eigenvalue weighted by Crippen LogP contribution is 2.36. The van der Waals surface area contributed by atoms with Crippen LogP contribution in [0.1, 0.15) is 45.6 Å². The Kier molecular flexibility index (Phi) is 5.12. The van der Waals surface area contributed by atoms with E-state index in [0.717, 1.165) is 5.56 Å². The number of carboxylic acids is 1. The molecule has 1 saturated heterocycles. The molecule has 1 heterocycles. The molecule has 2 rings (SSSR count). The number of nitrogens with zero attached hydrogens (tertiary/aromatic N) is 1. The van der Waals surface area contributed by atoms with E-state index in [-0.39, 0.29) is 11.3 Å². The monoisotopic (exact) mass is 317 g/mol. The minimum atomic E-state index is -0.750. The fourth-order valence-corrected chi connectivity index (χ4v) is 3.20. The molecule has 0 aliphatic carbocycles. The summed E-state index contributed by atoms with van der Waals surface area (Å²) in [5.74, 6) is -0.611. The van der Waals surface area contributed by atoms with Gasteiger partial charge in [0.1, 0.15) is 0 Å². The predicted molar refractivity (Wildman–Crippen MR) is 90.1 cm³/mol. The third-order valence-electron chi connectivity index (χ3n) is 4.59. The second kappa shape index (κ2) is 6.73. The van der Waals surface area contributed by atoms with Crippen LogP contribution in [0.25, 0.3) is 0 Å². The molecule has 0 saturated carbocycles. The van der Waals surface area contributed by atoms with Crippen molar-refractivity contribution < 1.29 is 14.7 Å². The maximum Gasteiger partial charge on any atom is 0.310 e. The maximum atomic E-state index is 12.3.